The minimum absolute atomic E-state index is 0.0484. The van der Waals surface area contributed by atoms with Crippen LogP contribution in [0.5, 0.6) is 0 Å². The number of nitrogens with two attached hydrogens (primary N) is 1. The number of hydrogen-bond donors (Lipinski definition) is 2. The molecule has 0 saturated carbocycles. The summed E-state index contributed by atoms with van der Waals surface area (Å²) >= 11 is 0. The first-order valence-corrected chi connectivity index (χ1v) is 6.02. The molecule has 0 amide bonds. The summed E-state index contributed by atoms with van der Waals surface area (Å²) in [4.78, 5) is 23.2. The number of ether oxygens (including phenoxy) is 1. The molecule has 0 radical (unpaired) electrons. The van der Waals surface area contributed by atoms with Crippen LogP contribution < -0.4 is 11.1 Å². The van der Waals surface area contributed by atoms with Crippen molar-refractivity contribution >= 4 is 17.7 Å². The Morgan fingerprint density at radius 1 is 1.50 bits per heavy atom. The number of nitrogens with zero attached hydrogens (tertiary/aromatic N) is 5. The number of carbonyl (C=O) groups excluding carboxylic acids is 1. The number of nitrogens with one attached hydrogen (secondary N) is 1. The Labute approximate surface area is 115 Å². The van der Waals surface area contributed by atoms with Crippen molar-refractivity contribution in [2.45, 2.75) is 13.3 Å². The molecule has 2 rings (SSSR count). The van der Waals surface area contributed by atoms with Crippen molar-refractivity contribution in [3.63, 3.8) is 0 Å². The zero-order valence-corrected chi connectivity index (χ0v) is 11.2. The normalized spacial score (nSPS) is 10.3. The van der Waals surface area contributed by atoms with E-state index in [1.54, 1.807) is 6.07 Å². The fourth-order valence-corrected chi connectivity index (χ4v) is 1.47. The van der Waals surface area contributed by atoms with Gasteiger partial charge in [0.25, 0.3) is 5.82 Å². The fraction of sp³-hybridized carbons (Fsp3) is 0.364. The van der Waals surface area contributed by atoms with Crippen LogP contribution in [0.25, 0.3) is 5.82 Å². The third-order valence-electron chi connectivity index (χ3n) is 2.38. The molecule has 2 aromatic heterocycles. The van der Waals surface area contributed by atoms with Gasteiger partial charge in [-0.25, -0.2) is 14.5 Å². The van der Waals surface area contributed by atoms with Crippen molar-refractivity contribution in [2.24, 2.45) is 0 Å². The van der Waals surface area contributed by atoms with Gasteiger partial charge in [0.15, 0.2) is 5.82 Å². The Kier molecular flexibility index (Phi) is 4.08. The van der Waals surface area contributed by atoms with Gasteiger partial charge in [-0.2, -0.15) is 9.97 Å². The van der Waals surface area contributed by atoms with Crippen molar-refractivity contribution in [2.75, 3.05) is 24.7 Å². The van der Waals surface area contributed by atoms with E-state index >= 15 is 0 Å². The molecule has 0 aliphatic rings. The molecule has 0 unspecified atom stereocenters. The average Bonchev–Trinajstić information content (AvgIpc) is 2.93. The summed E-state index contributed by atoms with van der Waals surface area (Å²) in [7, 11) is 1.26. The Morgan fingerprint density at radius 3 is 3.00 bits per heavy atom. The molecule has 0 spiro atoms. The maximum Gasteiger partial charge on any atom is 0.377 e. The predicted molar refractivity (Wildman–Crippen MR) is 71.5 cm³/mol. The summed E-state index contributed by atoms with van der Waals surface area (Å²) in [5.74, 6) is 0.447. The quantitative estimate of drug-likeness (QED) is 0.746. The minimum Gasteiger partial charge on any atom is -0.463 e. The van der Waals surface area contributed by atoms with Crippen LogP contribution in [0.4, 0.5) is 11.8 Å². The van der Waals surface area contributed by atoms with Crippen molar-refractivity contribution in [3.8, 4) is 5.82 Å². The highest BCUT2D eigenvalue weighted by molar-refractivity contribution is 5.84. The molecule has 0 bridgehead atoms. The summed E-state index contributed by atoms with van der Waals surface area (Å²) in [5.41, 5.74) is 5.65. The fourth-order valence-electron chi connectivity index (χ4n) is 1.47. The Hall–Kier alpha value is -2.71. The molecule has 0 fully saturated rings. The maximum atomic E-state index is 11.3. The van der Waals surface area contributed by atoms with E-state index in [0.717, 1.165) is 13.0 Å². The van der Waals surface area contributed by atoms with Gasteiger partial charge in [-0.1, -0.05) is 6.92 Å². The van der Waals surface area contributed by atoms with E-state index in [1.807, 2.05) is 6.92 Å². The molecular formula is C11H15N7O2. The number of hydrogen-bond acceptors (Lipinski definition) is 8. The lowest BCUT2D eigenvalue weighted by Crippen LogP contribution is -2.09. The zero-order chi connectivity index (χ0) is 14.5. The topological polar surface area (TPSA) is 121 Å². The number of methoxy groups -OCH3 is 1. The van der Waals surface area contributed by atoms with Gasteiger partial charge in [-0.15, -0.1) is 5.10 Å². The molecule has 9 nitrogen and oxygen atoms in total. The highest BCUT2D eigenvalue weighted by atomic mass is 16.5. The number of carbonyl (C=O) groups is 1. The second kappa shape index (κ2) is 5.95. The molecule has 106 valence electrons. The molecule has 0 atom stereocenters. The van der Waals surface area contributed by atoms with Crippen LogP contribution in [0.1, 0.15) is 24.0 Å². The highest BCUT2D eigenvalue weighted by Crippen LogP contribution is 2.11. The van der Waals surface area contributed by atoms with Crippen molar-refractivity contribution in [1.82, 2.24) is 24.7 Å². The standard InChI is InChI=1S/C11H15N7O2/c1-3-4-13-7-5-8(16-11(12)15-7)18-6-14-9(17-18)10(19)20-2/h5-6H,3-4H2,1-2H3,(H3,12,13,15,16). The van der Waals surface area contributed by atoms with Crippen LogP contribution >= 0.6 is 0 Å². The van der Waals surface area contributed by atoms with E-state index in [1.165, 1.54) is 18.1 Å². The van der Waals surface area contributed by atoms with E-state index in [4.69, 9.17) is 5.73 Å². The first-order valence-electron chi connectivity index (χ1n) is 6.02. The third kappa shape index (κ3) is 2.99. The van der Waals surface area contributed by atoms with Gasteiger partial charge in [-0.3, -0.25) is 0 Å². The van der Waals surface area contributed by atoms with Crippen LogP contribution in [-0.4, -0.2) is 44.4 Å². The molecule has 0 aliphatic carbocycles. The van der Waals surface area contributed by atoms with Crippen LogP contribution in [-0.2, 0) is 4.74 Å². The molecule has 0 saturated heterocycles. The molecule has 0 aromatic carbocycles. The summed E-state index contributed by atoms with van der Waals surface area (Å²) in [5, 5.41) is 7.07. The van der Waals surface area contributed by atoms with Gasteiger partial charge in [0.05, 0.1) is 7.11 Å². The van der Waals surface area contributed by atoms with E-state index in [2.05, 4.69) is 30.1 Å². The first-order chi connectivity index (χ1) is 9.63. The van der Waals surface area contributed by atoms with Crippen molar-refractivity contribution < 1.29 is 9.53 Å². The summed E-state index contributed by atoms with van der Waals surface area (Å²) in [6, 6.07) is 1.67. The van der Waals surface area contributed by atoms with Gasteiger partial charge >= 0.3 is 5.97 Å². The number of anilines is 2. The van der Waals surface area contributed by atoms with Gasteiger partial charge in [0.2, 0.25) is 5.95 Å². The lowest BCUT2D eigenvalue weighted by molar-refractivity contribution is 0.0587. The zero-order valence-electron chi connectivity index (χ0n) is 11.2. The number of aromatic nitrogens is 5. The second-order valence-electron chi connectivity index (χ2n) is 3.90. The van der Waals surface area contributed by atoms with E-state index in [9.17, 15) is 4.79 Å². The summed E-state index contributed by atoms with van der Waals surface area (Å²) < 4.78 is 5.87. The van der Waals surface area contributed by atoms with E-state index in [0.29, 0.717) is 11.6 Å². The van der Waals surface area contributed by atoms with Crippen LogP contribution in [0.2, 0.25) is 0 Å². The molecule has 2 aromatic rings. The number of nitrogen functional groups attached to an aromatic ring is 1. The maximum absolute atomic E-state index is 11.3. The monoisotopic (exact) mass is 277 g/mol. The van der Waals surface area contributed by atoms with Gasteiger partial charge in [0.1, 0.15) is 12.1 Å². The largest absolute Gasteiger partial charge is 0.463 e. The number of esters is 1. The number of rotatable bonds is 5. The Bertz CT molecular complexity index is 611. The van der Waals surface area contributed by atoms with E-state index in [-0.39, 0.29) is 11.8 Å². The Balaban J connectivity index is 2.29. The van der Waals surface area contributed by atoms with Crippen LogP contribution in [0.15, 0.2) is 12.4 Å². The van der Waals surface area contributed by atoms with Crippen LogP contribution in [0.3, 0.4) is 0 Å². The van der Waals surface area contributed by atoms with Crippen molar-refractivity contribution in [3.05, 3.63) is 18.2 Å². The Morgan fingerprint density at radius 2 is 2.30 bits per heavy atom. The molecule has 9 heteroatoms. The summed E-state index contributed by atoms with van der Waals surface area (Å²) in [6.45, 7) is 2.80. The minimum atomic E-state index is -0.616. The van der Waals surface area contributed by atoms with Gasteiger partial charge < -0.3 is 15.8 Å². The van der Waals surface area contributed by atoms with Gasteiger partial charge in [-0.05, 0) is 6.42 Å². The van der Waals surface area contributed by atoms with Crippen LogP contribution in [0, 0.1) is 0 Å². The van der Waals surface area contributed by atoms with Crippen molar-refractivity contribution in [1.29, 1.82) is 0 Å². The first kappa shape index (κ1) is 13.7. The smallest absolute Gasteiger partial charge is 0.377 e. The lowest BCUT2D eigenvalue weighted by Gasteiger charge is -2.06. The lowest BCUT2D eigenvalue weighted by atomic mass is 10.4. The molecule has 2 heterocycles. The molecular weight excluding hydrogens is 262 g/mol. The predicted octanol–water partition coefficient (Wildman–Crippen LogP) is 0.248. The summed E-state index contributed by atoms with van der Waals surface area (Å²) in [6.07, 6.45) is 2.31. The molecule has 20 heavy (non-hydrogen) atoms. The van der Waals surface area contributed by atoms with E-state index < -0.39 is 5.97 Å². The molecule has 0 aliphatic heterocycles. The SMILES string of the molecule is CCCNc1cc(-n2cnc(C(=O)OC)n2)nc(N)n1. The van der Waals surface area contributed by atoms with Gasteiger partial charge in [0, 0.05) is 12.6 Å². The highest BCUT2D eigenvalue weighted by Gasteiger charge is 2.13. The third-order valence-corrected chi connectivity index (χ3v) is 2.38. The average molecular weight is 277 g/mol. The second-order valence-corrected chi connectivity index (χ2v) is 3.90. The molecule has 3 N–H and O–H groups in total.